The molecule has 0 saturated heterocycles. The second-order valence-electron chi connectivity index (χ2n) is 4.26. The first-order valence-corrected chi connectivity index (χ1v) is 7.22. The van der Waals surface area contributed by atoms with Crippen LogP contribution in [0.4, 0.5) is 10.5 Å². The lowest BCUT2D eigenvalue weighted by Gasteiger charge is -2.06. The van der Waals surface area contributed by atoms with Crippen LogP contribution in [0, 0.1) is 0 Å². The van der Waals surface area contributed by atoms with E-state index in [9.17, 15) is 9.59 Å². The van der Waals surface area contributed by atoms with Crippen LogP contribution in [-0.4, -0.2) is 22.1 Å². The monoisotopic (exact) mass is 305 g/mol. The van der Waals surface area contributed by atoms with Crippen molar-refractivity contribution in [3.8, 4) is 0 Å². The van der Waals surface area contributed by atoms with Gasteiger partial charge in [0, 0.05) is 16.8 Å². The minimum absolute atomic E-state index is 0.177. The maximum Gasteiger partial charge on any atom is 0.335 e. The van der Waals surface area contributed by atoms with Crippen LogP contribution in [0.25, 0.3) is 0 Å². The van der Waals surface area contributed by atoms with Gasteiger partial charge in [-0.2, -0.15) is 0 Å². The maximum absolute atomic E-state index is 11.7. The van der Waals surface area contributed by atoms with Gasteiger partial charge in [0.15, 0.2) is 0 Å². The molecule has 1 heterocycles. The number of carboxylic acid groups (broad SMARTS) is 1. The van der Waals surface area contributed by atoms with Gasteiger partial charge in [0.1, 0.15) is 5.01 Å². The Morgan fingerprint density at radius 3 is 2.57 bits per heavy atom. The summed E-state index contributed by atoms with van der Waals surface area (Å²) in [5.41, 5.74) is 0.710. The summed E-state index contributed by atoms with van der Waals surface area (Å²) in [5.74, 6) is -0.999. The summed E-state index contributed by atoms with van der Waals surface area (Å²) in [7, 11) is 0. The lowest BCUT2D eigenvalue weighted by molar-refractivity contribution is 0.0697. The first-order valence-electron chi connectivity index (χ1n) is 6.40. The molecular formula is C14H15N3O3S. The number of nitrogens with zero attached hydrogens (tertiary/aromatic N) is 1. The normalized spacial score (nSPS) is 10.1. The average molecular weight is 305 g/mol. The van der Waals surface area contributed by atoms with Gasteiger partial charge in [-0.25, -0.2) is 14.6 Å². The number of amides is 2. The number of hydrogen-bond donors (Lipinski definition) is 3. The molecule has 0 unspecified atom stereocenters. The Bertz CT molecular complexity index is 637. The summed E-state index contributed by atoms with van der Waals surface area (Å²) < 4.78 is 0. The Morgan fingerprint density at radius 1 is 1.29 bits per heavy atom. The number of benzene rings is 1. The largest absolute Gasteiger partial charge is 0.478 e. The minimum Gasteiger partial charge on any atom is -0.478 e. The van der Waals surface area contributed by atoms with Crippen molar-refractivity contribution in [2.24, 2.45) is 0 Å². The Morgan fingerprint density at radius 2 is 2.00 bits per heavy atom. The van der Waals surface area contributed by atoms with E-state index in [0.717, 1.165) is 11.4 Å². The van der Waals surface area contributed by atoms with Crippen molar-refractivity contribution >= 4 is 29.0 Å². The highest BCUT2D eigenvalue weighted by molar-refractivity contribution is 7.11. The predicted octanol–water partition coefficient (Wildman–Crippen LogP) is 2.73. The molecule has 3 N–H and O–H groups in total. The third-order valence-corrected chi connectivity index (χ3v) is 3.88. The van der Waals surface area contributed by atoms with E-state index in [2.05, 4.69) is 22.5 Å². The molecule has 7 heteroatoms. The number of hydrogen-bond acceptors (Lipinski definition) is 4. The number of carbonyl (C=O) groups excluding carboxylic acids is 1. The summed E-state index contributed by atoms with van der Waals surface area (Å²) in [4.78, 5) is 27.8. The molecule has 6 nitrogen and oxygen atoms in total. The standard InChI is InChI=1S/C14H15N3O3S/c1-2-11-7-15-12(21-11)8-16-14(20)17-10-5-3-9(4-6-10)13(18)19/h3-7H,2,8H2,1H3,(H,18,19)(H2,16,17,20). The highest BCUT2D eigenvalue weighted by Crippen LogP contribution is 2.13. The number of rotatable bonds is 5. The van der Waals surface area contributed by atoms with Crippen molar-refractivity contribution < 1.29 is 14.7 Å². The van der Waals surface area contributed by atoms with Gasteiger partial charge in [-0.3, -0.25) is 0 Å². The fourth-order valence-electron chi connectivity index (χ4n) is 1.62. The number of nitrogens with one attached hydrogen (secondary N) is 2. The second kappa shape index (κ2) is 6.85. The van der Waals surface area contributed by atoms with Crippen LogP contribution in [0.5, 0.6) is 0 Å². The van der Waals surface area contributed by atoms with Crippen LogP contribution in [0.2, 0.25) is 0 Å². The van der Waals surface area contributed by atoms with Crippen molar-refractivity contribution in [3.05, 3.63) is 45.9 Å². The van der Waals surface area contributed by atoms with E-state index >= 15 is 0 Å². The number of aromatic carboxylic acids is 1. The Kier molecular flexibility index (Phi) is 4.89. The number of anilines is 1. The van der Waals surface area contributed by atoms with Gasteiger partial charge in [-0.15, -0.1) is 11.3 Å². The Balaban J connectivity index is 1.85. The van der Waals surface area contributed by atoms with E-state index in [-0.39, 0.29) is 11.6 Å². The molecule has 2 aromatic rings. The van der Waals surface area contributed by atoms with E-state index < -0.39 is 5.97 Å². The van der Waals surface area contributed by atoms with Gasteiger partial charge < -0.3 is 15.7 Å². The molecule has 2 rings (SSSR count). The maximum atomic E-state index is 11.7. The number of thiazole rings is 1. The van der Waals surface area contributed by atoms with E-state index in [1.165, 1.54) is 17.0 Å². The highest BCUT2D eigenvalue weighted by atomic mass is 32.1. The molecule has 2 amide bonds. The van der Waals surface area contributed by atoms with Gasteiger partial charge in [0.2, 0.25) is 0 Å². The molecule has 21 heavy (non-hydrogen) atoms. The number of aromatic nitrogens is 1. The van der Waals surface area contributed by atoms with Gasteiger partial charge in [-0.05, 0) is 30.7 Å². The van der Waals surface area contributed by atoms with Gasteiger partial charge in [0.25, 0.3) is 0 Å². The van der Waals surface area contributed by atoms with E-state index in [0.29, 0.717) is 12.2 Å². The first-order chi connectivity index (χ1) is 10.1. The molecule has 0 aliphatic heterocycles. The zero-order valence-electron chi connectivity index (χ0n) is 11.4. The van der Waals surface area contributed by atoms with Crippen molar-refractivity contribution in [3.63, 3.8) is 0 Å². The van der Waals surface area contributed by atoms with Crippen LogP contribution in [0.1, 0.15) is 27.2 Å². The van der Waals surface area contributed by atoms with Crippen molar-refractivity contribution in [2.45, 2.75) is 19.9 Å². The molecule has 0 spiro atoms. The fraction of sp³-hybridized carbons (Fsp3) is 0.214. The van der Waals surface area contributed by atoms with Crippen LogP contribution in [0.15, 0.2) is 30.5 Å². The smallest absolute Gasteiger partial charge is 0.335 e. The lowest BCUT2D eigenvalue weighted by atomic mass is 10.2. The first kappa shape index (κ1) is 15.0. The SMILES string of the molecule is CCc1cnc(CNC(=O)Nc2ccc(C(=O)O)cc2)s1. The molecule has 0 saturated carbocycles. The third kappa shape index (κ3) is 4.28. The van der Waals surface area contributed by atoms with Crippen molar-refractivity contribution in [2.75, 3.05) is 5.32 Å². The fourth-order valence-corrected chi connectivity index (χ4v) is 2.42. The summed E-state index contributed by atoms with van der Waals surface area (Å²) in [6, 6.07) is 5.60. The zero-order valence-corrected chi connectivity index (χ0v) is 12.2. The molecule has 1 aromatic carbocycles. The zero-order chi connectivity index (χ0) is 15.2. The molecule has 0 bridgehead atoms. The number of carboxylic acids is 1. The molecule has 0 aliphatic rings. The third-order valence-electron chi connectivity index (χ3n) is 2.74. The molecule has 0 fully saturated rings. The Hall–Kier alpha value is -2.41. The van der Waals surface area contributed by atoms with Crippen molar-refractivity contribution in [1.82, 2.24) is 10.3 Å². The van der Waals surface area contributed by atoms with Gasteiger partial charge in [-0.1, -0.05) is 6.92 Å². The van der Waals surface area contributed by atoms with Crippen LogP contribution < -0.4 is 10.6 Å². The molecular weight excluding hydrogens is 290 g/mol. The summed E-state index contributed by atoms with van der Waals surface area (Å²) >= 11 is 1.57. The Labute approximate surface area is 125 Å². The van der Waals surface area contributed by atoms with Gasteiger partial charge in [0.05, 0.1) is 12.1 Å². The molecule has 0 atom stereocenters. The number of carbonyl (C=O) groups is 2. The van der Waals surface area contributed by atoms with Crippen LogP contribution >= 0.6 is 11.3 Å². The number of aryl methyl sites for hydroxylation is 1. The second-order valence-corrected chi connectivity index (χ2v) is 5.46. The summed E-state index contributed by atoms with van der Waals surface area (Å²) in [5, 5.41) is 15.0. The van der Waals surface area contributed by atoms with E-state index in [1.54, 1.807) is 23.5 Å². The number of urea groups is 1. The van der Waals surface area contributed by atoms with Crippen LogP contribution in [0.3, 0.4) is 0 Å². The van der Waals surface area contributed by atoms with Crippen molar-refractivity contribution in [1.29, 1.82) is 0 Å². The summed E-state index contributed by atoms with van der Waals surface area (Å²) in [6.45, 7) is 2.42. The van der Waals surface area contributed by atoms with E-state index in [4.69, 9.17) is 5.11 Å². The predicted molar refractivity (Wildman–Crippen MR) is 80.8 cm³/mol. The highest BCUT2D eigenvalue weighted by Gasteiger charge is 2.06. The molecule has 110 valence electrons. The topological polar surface area (TPSA) is 91.3 Å². The average Bonchev–Trinajstić information content (AvgIpc) is 2.94. The molecule has 0 radical (unpaired) electrons. The minimum atomic E-state index is -0.999. The molecule has 1 aromatic heterocycles. The quantitative estimate of drug-likeness (QED) is 0.792. The van der Waals surface area contributed by atoms with Crippen LogP contribution in [-0.2, 0) is 13.0 Å². The molecule has 0 aliphatic carbocycles. The van der Waals surface area contributed by atoms with E-state index in [1.807, 2.05) is 6.20 Å². The van der Waals surface area contributed by atoms with Gasteiger partial charge >= 0.3 is 12.0 Å². The lowest BCUT2D eigenvalue weighted by Crippen LogP contribution is -2.28. The summed E-state index contributed by atoms with van der Waals surface area (Å²) in [6.07, 6.45) is 2.74.